The van der Waals surface area contributed by atoms with E-state index in [1.165, 1.54) is 0 Å². The number of guanidine groups is 1. The van der Waals surface area contributed by atoms with Crippen molar-refractivity contribution in [3.63, 3.8) is 0 Å². The first-order valence-corrected chi connectivity index (χ1v) is 9.05. The van der Waals surface area contributed by atoms with E-state index >= 15 is 0 Å². The Hall–Kier alpha value is -1.36. The van der Waals surface area contributed by atoms with E-state index in [4.69, 9.17) is 0 Å². The number of carbonyl (C=O) groups excluding carboxylic acids is 1. The van der Waals surface area contributed by atoms with E-state index < -0.39 is 5.60 Å². The summed E-state index contributed by atoms with van der Waals surface area (Å²) in [5.41, 5.74) is 0.150. The Morgan fingerprint density at radius 3 is 2.69 bits per heavy atom. The largest absolute Gasteiger partial charge is 0.388 e. The van der Waals surface area contributed by atoms with Gasteiger partial charge in [0.05, 0.1) is 24.0 Å². The molecule has 3 rings (SSSR count). The van der Waals surface area contributed by atoms with Gasteiger partial charge in [-0.3, -0.25) is 14.5 Å². The summed E-state index contributed by atoms with van der Waals surface area (Å²) in [6, 6.07) is 0. The van der Waals surface area contributed by atoms with Gasteiger partial charge in [-0.15, -0.1) is 24.0 Å². The second-order valence-corrected chi connectivity index (χ2v) is 6.94. The average molecular weight is 476 g/mol. The summed E-state index contributed by atoms with van der Waals surface area (Å²) < 4.78 is 1.70. The lowest BCUT2D eigenvalue weighted by molar-refractivity contribution is -0.120. The van der Waals surface area contributed by atoms with E-state index in [-0.39, 0.29) is 36.4 Å². The Kier molecular flexibility index (Phi) is 7.27. The van der Waals surface area contributed by atoms with Crippen molar-refractivity contribution in [1.29, 1.82) is 0 Å². The van der Waals surface area contributed by atoms with E-state index in [0.717, 1.165) is 37.9 Å². The van der Waals surface area contributed by atoms with Crippen LogP contribution in [0.2, 0.25) is 0 Å². The number of hydrogen-bond donors (Lipinski definition) is 2. The fourth-order valence-electron chi connectivity index (χ4n) is 3.51. The van der Waals surface area contributed by atoms with Gasteiger partial charge in [-0.05, 0) is 19.8 Å². The molecule has 2 N–H and O–H groups in total. The van der Waals surface area contributed by atoms with Gasteiger partial charge in [-0.25, -0.2) is 0 Å². The fraction of sp³-hybridized carbons (Fsp3) is 0.706. The molecule has 1 amide bonds. The molecule has 1 saturated heterocycles. The van der Waals surface area contributed by atoms with Crippen molar-refractivity contribution in [1.82, 2.24) is 20.0 Å². The third-order valence-corrected chi connectivity index (χ3v) is 4.92. The Bertz CT molecular complexity index is 641. The zero-order valence-corrected chi connectivity index (χ0v) is 17.8. The van der Waals surface area contributed by atoms with Crippen LogP contribution >= 0.6 is 24.0 Å². The van der Waals surface area contributed by atoms with E-state index in [2.05, 4.69) is 15.4 Å². The van der Waals surface area contributed by atoms with Crippen LogP contribution < -0.4 is 10.2 Å². The van der Waals surface area contributed by atoms with Gasteiger partial charge in [0.2, 0.25) is 5.91 Å². The predicted octanol–water partition coefficient (Wildman–Crippen LogP) is 0.957. The summed E-state index contributed by atoms with van der Waals surface area (Å²) in [5.74, 6) is 0.742. The minimum absolute atomic E-state index is 0. The number of piperazine rings is 1. The Labute approximate surface area is 171 Å². The van der Waals surface area contributed by atoms with E-state index in [9.17, 15) is 9.90 Å². The van der Waals surface area contributed by atoms with Gasteiger partial charge in [0.1, 0.15) is 6.54 Å². The maximum atomic E-state index is 12.6. The molecule has 0 spiro atoms. The maximum absolute atomic E-state index is 12.6. The number of nitrogens with zero attached hydrogens (tertiary/aromatic N) is 5. The van der Waals surface area contributed by atoms with Crippen molar-refractivity contribution in [2.24, 2.45) is 12.0 Å². The van der Waals surface area contributed by atoms with Crippen LogP contribution in [0, 0.1) is 0 Å². The normalized spacial score (nSPS) is 20.3. The van der Waals surface area contributed by atoms with Crippen molar-refractivity contribution in [2.75, 3.05) is 37.6 Å². The standard InChI is InChI=1S/C17H28N6O2.HI/c1-3-18-16(19-13-17(25)6-4-5-7-17)22-8-9-23(15(24)12-22)14-10-20-21(2)11-14;/h10-11,25H,3-9,12-13H2,1-2H3,(H,18,19);1H. The number of carbonyl (C=O) groups is 1. The lowest BCUT2D eigenvalue weighted by atomic mass is 10.0. The van der Waals surface area contributed by atoms with Gasteiger partial charge in [-0.1, -0.05) is 12.8 Å². The lowest BCUT2D eigenvalue weighted by Gasteiger charge is -2.35. The van der Waals surface area contributed by atoms with Crippen molar-refractivity contribution in [3.8, 4) is 0 Å². The highest BCUT2D eigenvalue weighted by Crippen LogP contribution is 2.29. The highest BCUT2D eigenvalue weighted by Gasteiger charge is 2.32. The molecule has 2 fully saturated rings. The first-order chi connectivity index (χ1) is 12.0. The van der Waals surface area contributed by atoms with Crippen LogP contribution in [0.15, 0.2) is 17.4 Å². The summed E-state index contributed by atoms with van der Waals surface area (Å²) in [6.07, 6.45) is 7.30. The number of rotatable bonds is 4. The number of aryl methyl sites for hydroxylation is 1. The van der Waals surface area contributed by atoms with Crippen LogP contribution in [0.1, 0.15) is 32.6 Å². The Morgan fingerprint density at radius 1 is 1.38 bits per heavy atom. The third kappa shape index (κ3) is 4.87. The molecule has 1 aliphatic heterocycles. The SMILES string of the molecule is CCNC(=NCC1(O)CCCC1)N1CCN(c2cnn(C)c2)C(=O)C1.I. The smallest absolute Gasteiger partial charge is 0.246 e. The Balaban J connectivity index is 0.00000243. The van der Waals surface area contributed by atoms with Gasteiger partial charge in [-0.2, -0.15) is 5.10 Å². The minimum atomic E-state index is -0.678. The van der Waals surface area contributed by atoms with Crippen molar-refractivity contribution in [2.45, 2.75) is 38.2 Å². The lowest BCUT2D eigenvalue weighted by Crippen LogP contribution is -2.55. The zero-order chi connectivity index (χ0) is 17.9. The molecule has 8 nitrogen and oxygen atoms in total. The minimum Gasteiger partial charge on any atom is -0.388 e. The molecule has 0 unspecified atom stereocenters. The second-order valence-electron chi connectivity index (χ2n) is 6.94. The van der Waals surface area contributed by atoms with Crippen LogP contribution in [0.3, 0.4) is 0 Å². The van der Waals surface area contributed by atoms with Crippen LogP contribution in [-0.2, 0) is 11.8 Å². The van der Waals surface area contributed by atoms with Gasteiger partial charge < -0.3 is 20.2 Å². The van der Waals surface area contributed by atoms with Crippen molar-refractivity contribution in [3.05, 3.63) is 12.4 Å². The molecule has 2 heterocycles. The van der Waals surface area contributed by atoms with Gasteiger partial charge in [0, 0.05) is 32.9 Å². The summed E-state index contributed by atoms with van der Waals surface area (Å²) in [4.78, 5) is 20.9. The molecule has 1 aliphatic carbocycles. The number of aliphatic hydroxyl groups is 1. The monoisotopic (exact) mass is 476 g/mol. The number of hydrogen-bond acceptors (Lipinski definition) is 4. The average Bonchev–Trinajstić information content (AvgIpc) is 3.20. The molecule has 0 aromatic carbocycles. The second kappa shape index (κ2) is 9.03. The summed E-state index contributed by atoms with van der Waals surface area (Å²) in [7, 11) is 1.84. The van der Waals surface area contributed by atoms with Gasteiger partial charge in [0.25, 0.3) is 0 Å². The molecule has 1 aromatic rings. The molecule has 2 aliphatic rings. The quantitative estimate of drug-likeness (QED) is 0.384. The number of aromatic nitrogens is 2. The van der Waals surface area contributed by atoms with E-state index in [1.807, 2.05) is 25.1 Å². The molecule has 1 aromatic heterocycles. The first-order valence-electron chi connectivity index (χ1n) is 9.05. The number of amides is 1. The highest BCUT2D eigenvalue weighted by molar-refractivity contribution is 14.0. The van der Waals surface area contributed by atoms with Crippen LogP contribution in [0.4, 0.5) is 5.69 Å². The van der Waals surface area contributed by atoms with E-state index in [1.54, 1.807) is 15.8 Å². The molecule has 9 heteroatoms. The summed E-state index contributed by atoms with van der Waals surface area (Å²) >= 11 is 0. The molecule has 0 radical (unpaired) electrons. The predicted molar refractivity (Wildman–Crippen MR) is 112 cm³/mol. The fourth-order valence-corrected chi connectivity index (χ4v) is 3.51. The topological polar surface area (TPSA) is 86.0 Å². The maximum Gasteiger partial charge on any atom is 0.246 e. The van der Waals surface area contributed by atoms with Crippen LogP contribution in [0.25, 0.3) is 0 Å². The molecule has 0 atom stereocenters. The molecule has 1 saturated carbocycles. The zero-order valence-electron chi connectivity index (χ0n) is 15.5. The number of nitrogens with one attached hydrogen (secondary N) is 1. The third-order valence-electron chi connectivity index (χ3n) is 4.92. The molecule has 146 valence electrons. The summed E-state index contributed by atoms with van der Waals surface area (Å²) in [5, 5.41) is 17.9. The summed E-state index contributed by atoms with van der Waals surface area (Å²) in [6.45, 7) is 4.71. The highest BCUT2D eigenvalue weighted by atomic mass is 127. The Morgan fingerprint density at radius 2 is 2.12 bits per heavy atom. The van der Waals surface area contributed by atoms with E-state index in [0.29, 0.717) is 25.6 Å². The molecule has 0 bridgehead atoms. The molecular weight excluding hydrogens is 447 g/mol. The van der Waals surface area contributed by atoms with Gasteiger partial charge >= 0.3 is 0 Å². The van der Waals surface area contributed by atoms with Crippen molar-refractivity contribution < 1.29 is 9.90 Å². The number of aliphatic imine (C=N–C) groups is 1. The molecule has 26 heavy (non-hydrogen) atoms. The van der Waals surface area contributed by atoms with Crippen LogP contribution in [-0.4, -0.2) is 70.0 Å². The van der Waals surface area contributed by atoms with Crippen LogP contribution in [0.5, 0.6) is 0 Å². The first kappa shape index (κ1) is 20.9. The number of halogens is 1. The number of anilines is 1. The van der Waals surface area contributed by atoms with Crippen molar-refractivity contribution >= 4 is 41.5 Å². The molecular formula is C17H29IN6O2. The van der Waals surface area contributed by atoms with Gasteiger partial charge in [0.15, 0.2) is 5.96 Å².